The topological polar surface area (TPSA) is 67.3 Å². The van der Waals surface area contributed by atoms with Crippen LogP contribution in [0.2, 0.25) is 24.7 Å². The Kier molecular flexibility index (Phi) is 11.0. The summed E-state index contributed by atoms with van der Waals surface area (Å²) in [6, 6.07) is 20.2. The van der Waals surface area contributed by atoms with Crippen LogP contribution in [0.15, 0.2) is 72.8 Å². The van der Waals surface area contributed by atoms with Crippen LogP contribution in [0.4, 0.5) is 10.2 Å². The largest absolute Gasteiger partial charge is 0.497 e. The summed E-state index contributed by atoms with van der Waals surface area (Å²) < 4.78 is 19.5. The molecule has 0 spiro atoms. The highest BCUT2D eigenvalue weighted by atomic mass is 35.5. The average Bonchev–Trinajstić information content (AvgIpc) is 3.00. The van der Waals surface area contributed by atoms with Crippen LogP contribution in [0.25, 0.3) is 0 Å². The monoisotopic (exact) mass is 642 g/mol. The third-order valence-electron chi connectivity index (χ3n) is 7.08. The Labute approximate surface area is 272 Å². The second-order valence-electron chi connectivity index (χ2n) is 12.3. The zero-order valence-electron chi connectivity index (χ0n) is 26.9. The van der Waals surface area contributed by atoms with Crippen LogP contribution in [-0.4, -0.2) is 31.1 Å². The van der Waals surface area contributed by atoms with Gasteiger partial charge in [0.15, 0.2) is 0 Å². The maximum absolute atomic E-state index is 14.4. The molecular formula is C36H40ClFN4O2Si. The number of aryl methyl sites for hydroxylation is 1. The molecule has 0 aliphatic heterocycles. The molecule has 0 fully saturated rings. The molecule has 9 heteroatoms. The van der Waals surface area contributed by atoms with E-state index in [9.17, 15) is 9.18 Å². The van der Waals surface area contributed by atoms with E-state index < -0.39 is 14.1 Å². The summed E-state index contributed by atoms with van der Waals surface area (Å²) >= 11 is 6.24. The van der Waals surface area contributed by atoms with Crippen LogP contribution in [-0.2, 0) is 17.9 Å². The molecule has 0 aliphatic carbocycles. The molecule has 6 nitrogen and oxygen atoms in total. The number of nitrogens with zero attached hydrogens (tertiary/aromatic N) is 3. The number of amides is 1. The molecule has 1 atom stereocenters. The van der Waals surface area contributed by atoms with Gasteiger partial charge in [0.1, 0.15) is 37.3 Å². The molecule has 234 valence electrons. The van der Waals surface area contributed by atoms with Gasteiger partial charge in [-0.1, -0.05) is 87.4 Å². The number of ether oxygens (including phenoxy) is 1. The fourth-order valence-electron chi connectivity index (χ4n) is 4.66. The lowest BCUT2D eigenvalue weighted by Crippen LogP contribution is -2.41. The van der Waals surface area contributed by atoms with E-state index in [-0.39, 0.29) is 24.2 Å². The van der Waals surface area contributed by atoms with Crippen molar-refractivity contribution < 1.29 is 13.9 Å². The molecule has 0 radical (unpaired) electrons. The van der Waals surface area contributed by atoms with Gasteiger partial charge in [0.05, 0.1) is 18.4 Å². The molecule has 45 heavy (non-hydrogen) atoms. The van der Waals surface area contributed by atoms with E-state index in [0.717, 1.165) is 22.6 Å². The van der Waals surface area contributed by atoms with Gasteiger partial charge >= 0.3 is 0 Å². The van der Waals surface area contributed by atoms with Crippen LogP contribution in [0.5, 0.6) is 5.75 Å². The van der Waals surface area contributed by atoms with Crippen molar-refractivity contribution in [3.8, 4) is 17.2 Å². The Morgan fingerprint density at radius 1 is 0.978 bits per heavy atom. The molecule has 0 bridgehead atoms. The zero-order valence-corrected chi connectivity index (χ0v) is 28.7. The van der Waals surface area contributed by atoms with E-state index in [2.05, 4.69) is 36.4 Å². The van der Waals surface area contributed by atoms with Crippen molar-refractivity contribution in [2.24, 2.45) is 0 Å². The lowest BCUT2D eigenvalue weighted by atomic mass is 10.0. The van der Waals surface area contributed by atoms with Gasteiger partial charge in [0.2, 0.25) is 5.91 Å². The van der Waals surface area contributed by atoms with Crippen molar-refractivity contribution in [3.05, 3.63) is 117 Å². The number of nitrogens with one attached hydrogen (secondary N) is 1. The predicted octanol–water partition coefficient (Wildman–Crippen LogP) is 8.00. The van der Waals surface area contributed by atoms with Gasteiger partial charge in [-0.15, -0.1) is 5.54 Å². The average molecular weight is 643 g/mol. The van der Waals surface area contributed by atoms with Gasteiger partial charge in [0.25, 0.3) is 0 Å². The number of carbonyl (C=O) groups excluding carboxylic acids is 1. The third kappa shape index (κ3) is 9.16. The lowest BCUT2D eigenvalue weighted by molar-refractivity contribution is -0.122. The highest BCUT2D eigenvalue weighted by Gasteiger charge is 2.32. The maximum atomic E-state index is 14.4. The summed E-state index contributed by atoms with van der Waals surface area (Å²) in [7, 11) is -0.180. The van der Waals surface area contributed by atoms with Crippen molar-refractivity contribution in [2.75, 3.05) is 12.0 Å². The first-order valence-electron chi connectivity index (χ1n) is 14.9. The molecule has 1 aromatic heterocycles. The van der Waals surface area contributed by atoms with Crippen LogP contribution >= 0.6 is 11.6 Å². The van der Waals surface area contributed by atoms with Crippen LogP contribution in [0.1, 0.15) is 59.6 Å². The first kappa shape index (κ1) is 33.7. The molecule has 4 rings (SSSR count). The van der Waals surface area contributed by atoms with Crippen molar-refractivity contribution in [3.63, 3.8) is 0 Å². The van der Waals surface area contributed by atoms with Crippen LogP contribution in [0, 0.1) is 24.2 Å². The normalized spacial score (nSPS) is 11.9. The fourth-order valence-corrected chi connectivity index (χ4v) is 5.29. The van der Waals surface area contributed by atoms with Crippen molar-refractivity contribution in [1.29, 1.82) is 0 Å². The molecule has 1 amide bonds. The van der Waals surface area contributed by atoms with Gasteiger partial charge in [0, 0.05) is 24.0 Å². The van der Waals surface area contributed by atoms with Gasteiger partial charge < -0.3 is 15.0 Å². The number of anilines is 1. The smallest absolute Gasteiger partial charge is 0.247 e. The van der Waals surface area contributed by atoms with Gasteiger partial charge in [-0.25, -0.2) is 14.4 Å². The molecule has 1 N–H and O–H groups in total. The molecule has 0 saturated heterocycles. The Morgan fingerprint density at radius 3 is 2.18 bits per heavy atom. The van der Waals surface area contributed by atoms with Gasteiger partial charge in [-0.3, -0.25) is 4.79 Å². The zero-order chi connectivity index (χ0) is 32.7. The number of hydrogen-bond donors (Lipinski definition) is 1. The van der Waals surface area contributed by atoms with E-state index in [1.54, 1.807) is 19.2 Å². The van der Waals surface area contributed by atoms with Crippen molar-refractivity contribution >= 4 is 31.4 Å². The van der Waals surface area contributed by atoms with Gasteiger partial charge in [-0.05, 0) is 60.0 Å². The molecule has 1 unspecified atom stereocenters. The van der Waals surface area contributed by atoms with Crippen LogP contribution in [0.3, 0.4) is 0 Å². The molecule has 4 aromatic rings. The standard InChI is InChI=1S/C36H40ClFN4O2Si/c1-24(2)34-40-25(3)32(20-21-45(5,6)7)35(41-34)42(23-27-8-14-29(37)15-9-27)33(28-12-16-30(38)17-13-28)36(43)39-22-26-10-18-31(44-4)19-11-26/h8-19,24,33H,22-23H2,1-7H3,(H,39,43). The summed E-state index contributed by atoms with van der Waals surface area (Å²) in [4.78, 5) is 26.2. The Balaban J connectivity index is 1.91. The molecule has 0 saturated carbocycles. The first-order chi connectivity index (χ1) is 21.3. The molecule has 0 aliphatic rings. The van der Waals surface area contributed by atoms with Crippen LogP contribution < -0.4 is 15.0 Å². The molecular weight excluding hydrogens is 603 g/mol. The Morgan fingerprint density at radius 2 is 1.60 bits per heavy atom. The predicted molar refractivity (Wildman–Crippen MR) is 183 cm³/mol. The maximum Gasteiger partial charge on any atom is 0.247 e. The van der Waals surface area contributed by atoms with Gasteiger partial charge in [-0.2, -0.15) is 0 Å². The quantitative estimate of drug-likeness (QED) is 0.140. The summed E-state index contributed by atoms with van der Waals surface area (Å²) in [6.45, 7) is 13.1. The van der Waals surface area contributed by atoms with Crippen molar-refractivity contribution in [2.45, 2.75) is 65.5 Å². The lowest BCUT2D eigenvalue weighted by Gasteiger charge is -2.34. The minimum atomic E-state index is -1.79. The summed E-state index contributed by atoms with van der Waals surface area (Å²) in [6.07, 6.45) is 0. The SMILES string of the molecule is COc1ccc(CNC(=O)C(c2ccc(F)cc2)N(Cc2ccc(Cl)cc2)c2nc(C(C)C)nc(C)c2C#C[Si](C)(C)C)cc1. The second kappa shape index (κ2) is 14.7. The minimum absolute atomic E-state index is 0.0343. The van der Waals surface area contributed by atoms with E-state index in [1.165, 1.54) is 12.1 Å². The summed E-state index contributed by atoms with van der Waals surface area (Å²) in [5.41, 5.74) is 7.33. The molecule has 3 aromatic carbocycles. The highest BCUT2D eigenvalue weighted by Crippen LogP contribution is 2.33. The number of rotatable bonds is 10. The number of methoxy groups -OCH3 is 1. The number of benzene rings is 3. The number of aromatic nitrogens is 2. The Bertz CT molecular complexity index is 1680. The van der Waals surface area contributed by atoms with E-state index in [0.29, 0.717) is 34.3 Å². The highest BCUT2D eigenvalue weighted by molar-refractivity contribution is 6.83. The second-order valence-corrected chi connectivity index (χ2v) is 17.5. The first-order valence-corrected chi connectivity index (χ1v) is 18.8. The summed E-state index contributed by atoms with van der Waals surface area (Å²) in [5.74, 6) is 4.73. The molecule has 1 heterocycles. The number of carbonyl (C=O) groups is 1. The van der Waals surface area contributed by atoms with Crippen molar-refractivity contribution in [1.82, 2.24) is 15.3 Å². The van der Waals surface area contributed by atoms with E-state index >= 15 is 0 Å². The van der Waals surface area contributed by atoms with E-state index in [1.807, 2.05) is 74.2 Å². The summed E-state index contributed by atoms with van der Waals surface area (Å²) in [5, 5.41) is 3.72. The van der Waals surface area contributed by atoms with E-state index in [4.69, 9.17) is 26.3 Å². The number of hydrogen-bond acceptors (Lipinski definition) is 5. The fraction of sp³-hybridized carbons (Fsp3) is 0.306. The minimum Gasteiger partial charge on any atom is -0.497 e. The number of halogens is 2. The third-order valence-corrected chi connectivity index (χ3v) is 8.20. The Hall–Kier alpha value is -4.19.